The van der Waals surface area contributed by atoms with Gasteiger partial charge in [0.1, 0.15) is 18.5 Å². The lowest BCUT2D eigenvalue weighted by Crippen LogP contribution is -2.46. The molecule has 36 heavy (non-hydrogen) atoms. The number of hydrogen-bond donors (Lipinski definition) is 1. The Hall–Kier alpha value is -2.93. The van der Waals surface area contributed by atoms with Crippen molar-refractivity contribution in [3.05, 3.63) is 76.9 Å². The molecule has 0 radical (unpaired) electrons. The lowest BCUT2D eigenvalue weighted by atomic mass is 9.91. The minimum Gasteiger partial charge on any atom is -0.491 e. The normalized spacial score (nSPS) is 17.2. The molecule has 0 bridgehead atoms. The van der Waals surface area contributed by atoms with E-state index in [1.165, 1.54) is 4.90 Å². The van der Waals surface area contributed by atoms with Crippen LogP contribution in [-0.4, -0.2) is 65.6 Å². The number of imide groups is 1. The van der Waals surface area contributed by atoms with Crippen molar-refractivity contribution in [2.24, 2.45) is 5.92 Å². The van der Waals surface area contributed by atoms with E-state index in [9.17, 15) is 14.7 Å². The molecule has 1 unspecified atom stereocenters. The van der Waals surface area contributed by atoms with E-state index in [1.807, 2.05) is 68.4 Å². The van der Waals surface area contributed by atoms with Crippen LogP contribution in [0.1, 0.15) is 44.7 Å². The van der Waals surface area contributed by atoms with Crippen LogP contribution in [0.3, 0.4) is 0 Å². The van der Waals surface area contributed by atoms with Gasteiger partial charge in [-0.1, -0.05) is 36.4 Å². The first-order valence-corrected chi connectivity index (χ1v) is 12.4. The maximum Gasteiger partial charge on any atom is 0.261 e. The van der Waals surface area contributed by atoms with Gasteiger partial charge in [0.25, 0.3) is 11.8 Å². The van der Waals surface area contributed by atoms with Gasteiger partial charge in [0.05, 0.1) is 0 Å². The zero-order chi connectivity index (χ0) is 24.5. The molecule has 1 fully saturated rings. The third kappa shape index (κ3) is 5.26. The summed E-state index contributed by atoms with van der Waals surface area (Å²) in [6, 6.07) is 17.3. The van der Waals surface area contributed by atoms with Gasteiger partial charge in [0.2, 0.25) is 0 Å². The molecule has 7 heteroatoms. The summed E-state index contributed by atoms with van der Waals surface area (Å²) in [5.74, 6) is 0.685. The maximum absolute atomic E-state index is 13.2. The number of likely N-dealkylation sites (tertiary alicyclic amines) is 1. The van der Waals surface area contributed by atoms with Gasteiger partial charge in [-0.15, -0.1) is 12.4 Å². The molecule has 2 aliphatic rings. The summed E-state index contributed by atoms with van der Waals surface area (Å²) in [6.45, 7) is 6.93. The summed E-state index contributed by atoms with van der Waals surface area (Å²) in [6.07, 6.45) is 1.19. The van der Waals surface area contributed by atoms with Crippen molar-refractivity contribution < 1.29 is 19.4 Å². The molecule has 2 aliphatic heterocycles. The fraction of sp³-hybridized carbons (Fsp3) is 0.379. The topological polar surface area (TPSA) is 70.1 Å². The first-order chi connectivity index (χ1) is 16.9. The van der Waals surface area contributed by atoms with E-state index in [4.69, 9.17) is 4.74 Å². The fourth-order valence-electron chi connectivity index (χ4n) is 5.26. The Labute approximate surface area is 218 Å². The van der Waals surface area contributed by atoms with Gasteiger partial charge in [-0.25, -0.2) is 0 Å². The Morgan fingerprint density at radius 3 is 2.25 bits per heavy atom. The number of aryl methyl sites for hydroxylation is 2. The zero-order valence-corrected chi connectivity index (χ0v) is 21.6. The number of carbonyl (C=O) groups is 2. The molecule has 0 spiro atoms. The van der Waals surface area contributed by atoms with Crippen molar-refractivity contribution in [3.8, 4) is 5.75 Å². The molecule has 2 amide bonds. The number of aliphatic hydroxyl groups is 1. The lowest BCUT2D eigenvalue weighted by Gasteiger charge is -2.36. The first kappa shape index (κ1) is 26.1. The summed E-state index contributed by atoms with van der Waals surface area (Å²) in [5.41, 5.74) is 3.42. The van der Waals surface area contributed by atoms with Gasteiger partial charge in [0.15, 0.2) is 0 Å². The first-order valence-electron chi connectivity index (χ1n) is 12.4. The van der Waals surface area contributed by atoms with Crippen LogP contribution in [0.25, 0.3) is 10.8 Å². The van der Waals surface area contributed by atoms with Crippen LogP contribution in [0.15, 0.2) is 54.6 Å². The molecule has 1 atom stereocenters. The number of halogens is 1. The van der Waals surface area contributed by atoms with Crippen LogP contribution in [0.2, 0.25) is 0 Å². The van der Waals surface area contributed by atoms with Gasteiger partial charge >= 0.3 is 0 Å². The standard InChI is InChI=1S/C29H32N2O4.ClH/c1-19-9-10-20(2)26(15-19)35-18-23(32)17-30-13-11-21(12-14-30)16-31-28(33)24-7-3-5-22-6-4-8-25(27(22)24)29(31)34;/h3-10,15,21,23,32H,11-14,16-18H2,1-2H3;1H. The molecule has 0 aliphatic carbocycles. The summed E-state index contributed by atoms with van der Waals surface area (Å²) in [4.78, 5) is 30.0. The quantitative estimate of drug-likeness (QED) is 0.471. The van der Waals surface area contributed by atoms with Crippen molar-refractivity contribution in [2.45, 2.75) is 32.8 Å². The summed E-state index contributed by atoms with van der Waals surface area (Å²) < 4.78 is 5.86. The molecule has 5 rings (SSSR count). The molecule has 1 saturated heterocycles. The van der Waals surface area contributed by atoms with Crippen molar-refractivity contribution in [1.82, 2.24) is 9.80 Å². The second kappa shape index (κ2) is 11.0. The Balaban J connectivity index is 0.00000304. The number of nitrogens with zero attached hydrogens (tertiary/aromatic N) is 2. The number of hydrogen-bond acceptors (Lipinski definition) is 5. The number of carbonyl (C=O) groups excluding carboxylic acids is 2. The van der Waals surface area contributed by atoms with Crippen molar-refractivity contribution in [3.63, 3.8) is 0 Å². The van der Waals surface area contributed by atoms with Gasteiger partial charge in [0, 0.05) is 29.6 Å². The molecule has 3 aromatic carbocycles. The van der Waals surface area contributed by atoms with Crippen molar-refractivity contribution >= 4 is 35.0 Å². The average molecular weight is 509 g/mol. The molecule has 0 saturated carbocycles. The Bertz CT molecular complexity index is 1220. The number of rotatable bonds is 7. The Morgan fingerprint density at radius 1 is 0.972 bits per heavy atom. The average Bonchev–Trinajstić information content (AvgIpc) is 2.86. The third-order valence-electron chi connectivity index (χ3n) is 7.25. The second-order valence-electron chi connectivity index (χ2n) is 9.91. The monoisotopic (exact) mass is 508 g/mol. The number of aliphatic hydroxyl groups excluding tert-OH is 1. The second-order valence-corrected chi connectivity index (χ2v) is 9.91. The summed E-state index contributed by atoms with van der Waals surface area (Å²) >= 11 is 0. The number of amides is 2. The van der Waals surface area contributed by atoms with Gasteiger partial charge in [-0.3, -0.25) is 14.5 Å². The molecular formula is C29H33ClN2O4. The smallest absolute Gasteiger partial charge is 0.261 e. The van der Waals surface area contributed by atoms with Crippen LogP contribution in [0.4, 0.5) is 0 Å². The lowest BCUT2D eigenvalue weighted by molar-refractivity contribution is 0.0452. The van der Waals surface area contributed by atoms with Gasteiger partial charge in [-0.2, -0.15) is 0 Å². The zero-order valence-electron chi connectivity index (χ0n) is 20.8. The van der Waals surface area contributed by atoms with E-state index in [1.54, 1.807) is 0 Å². The Kier molecular flexibility index (Phi) is 7.98. The summed E-state index contributed by atoms with van der Waals surface area (Å²) in [7, 11) is 0. The molecule has 3 aromatic rings. The van der Waals surface area contributed by atoms with E-state index < -0.39 is 6.10 Å². The van der Waals surface area contributed by atoms with Crippen molar-refractivity contribution in [1.29, 1.82) is 0 Å². The number of ether oxygens (including phenoxy) is 1. The maximum atomic E-state index is 13.2. The van der Waals surface area contributed by atoms with E-state index in [2.05, 4.69) is 4.90 Å². The van der Waals surface area contributed by atoms with Crippen LogP contribution in [-0.2, 0) is 0 Å². The molecule has 190 valence electrons. The minimum absolute atomic E-state index is 0. The van der Waals surface area contributed by atoms with Crippen LogP contribution >= 0.6 is 12.4 Å². The van der Waals surface area contributed by atoms with Gasteiger partial charge < -0.3 is 14.7 Å². The molecule has 2 heterocycles. The molecule has 6 nitrogen and oxygen atoms in total. The van der Waals surface area contributed by atoms with Crippen LogP contribution in [0, 0.1) is 19.8 Å². The van der Waals surface area contributed by atoms with E-state index >= 15 is 0 Å². The number of piperidine rings is 1. The third-order valence-corrected chi connectivity index (χ3v) is 7.25. The highest BCUT2D eigenvalue weighted by atomic mass is 35.5. The fourth-order valence-corrected chi connectivity index (χ4v) is 5.26. The highest BCUT2D eigenvalue weighted by molar-refractivity contribution is 6.25. The predicted octanol–water partition coefficient (Wildman–Crippen LogP) is 4.63. The highest BCUT2D eigenvalue weighted by Crippen LogP contribution is 2.31. The molecule has 0 aromatic heterocycles. The number of benzene rings is 3. The van der Waals surface area contributed by atoms with E-state index in [-0.39, 0.29) is 36.7 Å². The largest absolute Gasteiger partial charge is 0.491 e. The van der Waals surface area contributed by atoms with Gasteiger partial charge in [-0.05, 0) is 80.4 Å². The van der Waals surface area contributed by atoms with Crippen molar-refractivity contribution in [2.75, 3.05) is 32.8 Å². The van der Waals surface area contributed by atoms with E-state index in [0.717, 1.165) is 53.6 Å². The summed E-state index contributed by atoms with van der Waals surface area (Å²) in [5, 5.41) is 12.2. The SMILES string of the molecule is Cc1ccc(C)c(OCC(O)CN2CCC(CN3C(=O)c4cccc5cccc(c45)C3=O)CC2)c1.Cl. The molecular weight excluding hydrogens is 476 g/mol. The van der Waals surface area contributed by atoms with Crippen LogP contribution < -0.4 is 4.74 Å². The van der Waals surface area contributed by atoms with E-state index in [0.29, 0.717) is 24.2 Å². The number of β-amino-alcohol motifs (C(OH)–C–C–N with tert-alkyl or cyclic N) is 1. The minimum atomic E-state index is -0.575. The highest BCUT2D eigenvalue weighted by Gasteiger charge is 2.34. The van der Waals surface area contributed by atoms with Crippen LogP contribution in [0.5, 0.6) is 5.75 Å². The predicted molar refractivity (Wildman–Crippen MR) is 143 cm³/mol. The molecule has 1 N–H and O–H groups in total. The Morgan fingerprint density at radius 2 is 1.61 bits per heavy atom.